The van der Waals surface area contributed by atoms with E-state index in [0.29, 0.717) is 4.83 Å². The van der Waals surface area contributed by atoms with Crippen LogP contribution in [0.5, 0.6) is 0 Å². The molecule has 20 heavy (non-hydrogen) atoms. The largest absolute Gasteiger partial charge is 0.261 e. The van der Waals surface area contributed by atoms with E-state index in [-0.39, 0.29) is 0 Å². The van der Waals surface area contributed by atoms with E-state index < -0.39 is 0 Å². The van der Waals surface area contributed by atoms with Crippen molar-refractivity contribution in [1.82, 2.24) is 4.98 Å². The molecule has 114 valence electrons. The Bertz CT molecular complexity index is 312. The summed E-state index contributed by atoms with van der Waals surface area (Å²) in [5.74, 6) is 0. The highest BCUT2D eigenvalue weighted by molar-refractivity contribution is 9.09. The lowest BCUT2D eigenvalue weighted by Gasteiger charge is -2.09. The second-order valence-corrected chi connectivity index (χ2v) is 7.03. The predicted molar refractivity (Wildman–Crippen MR) is 92.5 cm³/mol. The first-order valence-corrected chi connectivity index (χ1v) is 9.28. The van der Waals surface area contributed by atoms with Gasteiger partial charge >= 0.3 is 0 Å². The molecule has 0 fully saturated rings. The monoisotopic (exact) mass is 339 g/mol. The summed E-state index contributed by atoms with van der Waals surface area (Å²) in [6.45, 7) is 2.28. The van der Waals surface area contributed by atoms with Crippen LogP contribution >= 0.6 is 15.9 Å². The lowest BCUT2D eigenvalue weighted by Crippen LogP contribution is -2.04. The lowest BCUT2D eigenvalue weighted by atomic mass is 10.0. The number of hydrogen-bond donors (Lipinski definition) is 0. The summed E-state index contributed by atoms with van der Waals surface area (Å²) in [5.41, 5.74) is 1.20. The molecule has 1 aromatic rings. The normalized spacial score (nSPS) is 12.5. The van der Waals surface area contributed by atoms with E-state index in [1.54, 1.807) is 0 Å². The van der Waals surface area contributed by atoms with E-state index in [4.69, 9.17) is 0 Å². The van der Waals surface area contributed by atoms with Crippen molar-refractivity contribution in [3.05, 3.63) is 30.1 Å². The Labute approximate surface area is 133 Å². The van der Waals surface area contributed by atoms with Crippen LogP contribution in [0.15, 0.2) is 24.4 Å². The van der Waals surface area contributed by atoms with Crippen LogP contribution in [0.2, 0.25) is 0 Å². The average molecular weight is 340 g/mol. The third kappa shape index (κ3) is 9.52. The van der Waals surface area contributed by atoms with Gasteiger partial charge in [0.15, 0.2) is 0 Å². The summed E-state index contributed by atoms with van der Waals surface area (Å²) in [4.78, 5) is 4.97. The van der Waals surface area contributed by atoms with Gasteiger partial charge in [0.05, 0.1) is 0 Å². The number of hydrogen-bond acceptors (Lipinski definition) is 1. The molecule has 0 radical (unpaired) electrons. The Hall–Kier alpha value is -0.370. The Morgan fingerprint density at radius 3 is 2.20 bits per heavy atom. The summed E-state index contributed by atoms with van der Waals surface area (Å²) in [6.07, 6.45) is 16.9. The van der Waals surface area contributed by atoms with Gasteiger partial charge in [0.25, 0.3) is 0 Å². The maximum absolute atomic E-state index is 4.38. The van der Waals surface area contributed by atoms with Gasteiger partial charge < -0.3 is 0 Å². The molecule has 1 unspecified atom stereocenters. The predicted octanol–water partition coefficient (Wildman–Crippen LogP) is 6.31. The molecule has 0 aromatic carbocycles. The molecule has 1 nitrogen and oxygen atoms in total. The minimum atomic E-state index is 0.585. The van der Waals surface area contributed by atoms with Crippen LogP contribution in [0.3, 0.4) is 0 Å². The first-order chi connectivity index (χ1) is 9.83. The van der Waals surface area contributed by atoms with Crippen LogP contribution in [-0.4, -0.2) is 9.81 Å². The zero-order chi connectivity index (χ0) is 14.5. The number of halogens is 1. The van der Waals surface area contributed by atoms with E-state index in [2.05, 4.69) is 40.0 Å². The Balaban J connectivity index is 1.91. The molecule has 0 saturated heterocycles. The van der Waals surface area contributed by atoms with Crippen molar-refractivity contribution >= 4 is 15.9 Å². The fourth-order valence-electron chi connectivity index (χ4n) is 2.52. The van der Waals surface area contributed by atoms with Gasteiger partial charge in [-0.25, -0.2) is 0 Å². The number of alkyl halides is 1. The van der Waals surface area contributed by atoms with E-state index in [1.807, 2.05) is 12.3 Å². The van der Waals surface area contributed by atoms with Crippen LogP contribution in [0.1, 0.15) is 76.8 Å². The van der Waals surface area contributed by atoms with Crippen molar-refractivity contribution in [2.24, 2.45) is 0 Å². The average Bonchev–Trinajstić information content (AvgIpc) is 2.46. The Kier molecular flexibility index (Phi) is 10.9. The lowest BCUT2D eigenvalue weighted by molar-refractivity contribution is 0.553. The van der Waals surface area contributed by atoms with Crippen LogP contribution in [0.4, 0.5) is 0 Å². The number of pyridine rings is 1. The van der Waals surface area contributed by atoms with E-state index in [1.165, 1.54) is 69.9 Å². The van der Waals surface area contributed by atoms with Gasteiger partial charge in [0.1, 0.15) is 0 Å². The van der Waals surface area contributed by atoms with E-state index in [0.717, 1.165) is 6.42 Å². The molecular weight excluding hydrogens is 310 g/mol. The number of rotatable bonds is 12. The zero-order valence-corrected chi connectivity index (χ0v) is 14.6. The third-order valence-electron chi connectivity index (χ3n) is 3.78. The standard InChI is InChI=1S/C18H30BrN/c1-2-3-4-5-6-7-8-9-10-13-17(19)16-18-14-11-12-15-20-18/h11-12,14-15,17H,2-10,13,16H2,1H3. The minimum Gasteiger partial charge on any atom is -0.261 e. The molecule has 1 rings (SSSR count). The van der Waals surface area contributed by atoms with Crippen molar-refractivity contribution in [2.45, 2.75) is 82.4 Å². The molecule has 0 bridgehead atoms. The van der Waals surface area contributed by atoms with Crippen molar-refractivity contribution < 1.29 is 0 Å². The van der Waals surface area contributed by atoms with Crippen molar-refractivity contribution in [3.8, 4) is 0 Å². The first kappa shape index (κ1) is 17.7. The van der Waals surface area contributed by atoms with Crippen molar-refractivity contribution in [1.29, 1.82) is 0 Å². The van der Waals surface area contributed by atoms with Crippen LogP contribution in [-0.2, 0) is 6.42 Å². The third-order valence-corrected chi connectivity index (χ3v) is 4.56. The number of aromatic nitrogens is 1. The van der Waals surface area contributed by atoms with Gasteiger partial charge in [-0.2, -0.15) is 0 Å². The number of unbranched alkanes of at least 4 members (excludes halogenated alkanes) is 8. The highest BCUT2D eigenvalue weighted by atomic mass is 79.9. The van der Waals surface area contributed by atoms with Crippen LogP contribution < -0.4 is 0 Å². The second kappa shape index (κ2) is 12.4. The van der Waals surface area contributed by atoms with Crippen LogP contribution in [0, 0.1) is 0 Å². The summed E-state index contributed by atoms with van der Waals surface area (Å²) in [7, 11) is 0. The molecule has 0 aliphatic carbocycles. The smallest absolute Gasteiger partial charge is 0.0414 e. The molecule has 0 N–H and O–H groups in total. The second-order valence-electron chi connectivity index (χ2n) is 5.74. The SMILES string of the molecule is CCCCCCCCCCCC(Br)Cc1ccccn1. The molecular formula is C18H30BrN. The fourth-order valence-corrected chi connectivity index (χ4v) is 3.18. The van der Waals surface area contributed by atoms with Gasteiger partial charge in [0.2, 0.25) is 0 Å². The van der Waals surface area contributed by atoms with Gasteiger partial charge in [-0.15, -0.1) is 0 Å². The Morgan fingerprint density at radius 2 is 1.60 bits per heavy atom. The summed E-state index contributed by atoms with van der Waals surface area (Å²) >= 11 is 3.79. The number of nitrogens with zero attached hydrogens (tertiary/aromatic N) is 1. The van der Waals surface area contributed by atoms with Crippen molar-refractivity contribution in [3.63, 3.8) is 0 Å². The fraction of sp³-hybridized carbons (Fsp3) is 0.722. The van der Waals surface area contributed by atoms with Gasteiger partial charge in [0, 0.05) is 23.1 Å². The zero-order valence-electron chi connectivity index (χ0n) is 13.0. The molecule has 0 saturated carbocycles. The topological polar surface area (TPSA) is 12.9 Å². The Morgan fingerprint density at radius 1 is 0.950 bits per heavy atom. The molecule has 0 amide bonds. The first-order valence-electron chi connectivity index (χ1n) is 8.37. The van der Waals surface area contributed by atoms with Gasteiger partial charge in [-0.3, -0.25) is 4.98 Å². The summed E-state index contributed by atoms with van der Waals surface area (Å²) in [5, 5.41) is 0. The molecule has 0 aliphatic rings. The van der Waals surface area contributed by atoms with E-state index in [9.17, 15) is 0 Å². The quantitative estimate of drug-likeness (QED) is 0.321. The molecule has 1 heterocycles. The molecule has 1 aromatic heterocycles. The van der Waals surface area contributed by atoms with Gasteiger partial charge in [-0.1, -0.05) is 86.7 Å². The summed E-state index contributed by atoms with van der Waals surface area (Å²) in [6, 6.07) is 6.17. The summed E-state index contributed by atoms with van der Waals surface area (Å²) < 4.78 is 0. The van der Waals surface area contributed by atoms with Gasteiger partial charge in [-0.05, 0) is 18.6 Å². The molecule has 0 spiro atoms. The van der Waals surface area contributed by atoms with Crippen molar-refractivity contribution in [2.75, 3.05) is 0 Å². The molecule has 1 atom stereocenters. The van der Waals surface area contributed by atoms with E-state index >= 15 is 0 Å². The molecule has 0 aliphatic heterocycles. The van der Waals surface area contributed by atoms with Crippen LogP contribution in [0.25, 0.3) is 0 Å². The maximum atomic E-state index is 4.38. The maximum Gasteiger partial charge on any atom is 0.0414 e. The molecule has 2 heteroatoms. The highest BCUT2D eigenvalue weighted by Gasteiger charge is 2.05. The highest BCUT2D eigenvalue weighted by Crippen LogP contribution is 2.17. The minimum absolute atomic E-state index is 0.585.